The standard InChI is InChI=1S/C15H18N2O4/c1-4-21-14(19)12-9-15(3,20)17(16-12)13(18)11-7-5-6-10(2)8-11/h5-8,20H,4,9H2,1-3H3/t15-/m1/s1. The van der Waals surface area contributed by atoms with Gasteiger partial charge in [-0.05, 0) is 32.9 Å². The number of carbonyl (C=O) groups excluding carboxylic acids is 2. The molecule has 0 saturated carbocycles. The molecule has 0 aromatic heterocycles. The molecule has 0 aliphatic carbocycles. The molecule has 0 radical (unpaired) electrons. The van der Waals surface area contributed by atoms with Crippen LogP contribution in [0, 0.1) is 6.92 Å². The number of hydrogen-bond acceptors (Lipinski definition) is 5. The molecular formula is C15H18N2O4. The Hall–Kier alpha value is -2.21. The predicted octanol–water partition coefficient (Wildman–Crippen LogP) is 1.47. The first-order valence-electron chi connectivity index (χ1n) is 6.73. The summed E-state index contributed by atoms with van der Waals surface area (Å²) in [5.74, 6) is -1.07. The molecule has 1 aromatic rings. The second-order valence-electron chi connectivity index (χ2n) is 5.15. The van der Waals surface area contributed by atoms with Gasteiger partial charge in [0.1, 0.15) is 0 Å². The molecule has 0 fully saturated rings. The van der Waals surface area contributed by atoms with Gasteiger partial charge in [0, 0.05) is 12.0 Å². The summed E-state index contributed by atoms with van der Waals surface area (Å²) < 4.78 is 4.85. The average molecular weight is 290 g/mol. The Labute approximate surface area is 123 Å². The number of esters is 1. The van der Waals surface area contributed by atoms with Crippen molar-refractivity contribution in [1.82, 2.24) is 5.01 Å². The Morgan fingerprint density at radius 3 is 2.81 bits per heavy atom. The molecule has 0 saturated heterocycles. The number of aliphatic hydroxyl groups is 1. The first-order chi connectivity index (χ1) is 9.85. The molecule has 1 aliphatic rings. The fourth-order valence-electron chi connectivity index (χ4n) is 2.15. The highest BCUT2D eigenvalue weighted by Crippen LogP contribution is 2.27. The molecule has 1 amide bonds. The van der Waals surface area contributed by atoms with E-state index < -0.39 is 17.6 Å². The molecule has 6 nitrogen and oxygen atoms in total. The minimum Gasteiger partial charge on any atom is -0.461 e. The molecule has 2 rings (SSSR count). The molecule has 1 N–H and O–H groups in total. The van der Waals surface area contributed by atoms with Crippen molar-refractivity contribution in [3.63, 3.8) is 0 Å². The third kappa shape index (κ3) is 3.11. The van der Waals surface area contributed by atoms with Gasteiger partial charge in [-0.15, -0.1) is 0 Å². The van der Waals surface area contributed by atoms with Crippen LogP contribution in [0.5, 0.6) is 0 Å². The van der Waals surface area contributed by atoms with E-state index in [9.17, 15) is 14.7 Å². The van der Waals surface area contributed by atoms with E-state index >= 15 is 0 Å². The lowest BCUT2D eigenvalue weighted by atomic mass is 10.1. The number of amides is 1. The smallest absolute Gasteiger partial charge is 0.354 e. The summed E-state index contributed by atoms with van der Waals surface area (Å²) in [7, 11) is 0. The van der Waals surface area contributed by atoms with Crippen LogP contribution >= 0.6 is 0 Å². The lowest BCUT2D eigenvalue weighted by Crippen LogP contribution is -2.43. The van der Waals surface area contributed by atoms with E-state index in [0.717, 1.165) is 10.6 Å². The molecular weight excluding hydrogens is 272 g/mol. The Morgan fingerprint density at radius 2 is 2.19 bits per heavy atom. The maximum absolute atomic E-state index is 12.4. The van der Waals surface area contributed by atoms with Crippen LogP contribution in [0.15, 0.2) is 29.4 Å². The maximum atomic E-state index is 12.4. The lowest BCUT2D eigenvalue weighted by Gasteiger charge is -2.26. The third-order valence-corrected chi connectivity index (χ3v) is 3.15. The van der Waals surface area contributed by atoms with E-state index in [1.807, 2.05) is 13.0 Å². The predicted molar refractivity (Wildman–Crippen MR) is 76.7 cm³/mol. The summed E-state index contributed by atoms with van der Waals surface area (Å²) in [6.45, 7) is 5.20. The second-order valence-corrected chi connectivity index (χ2v) is 5.15. The summed E-state index contributed by atoms with van der Waals surface area (Å²) in [6.07, 6.45) is -0.0522. The van der Waals surface area contributed by atoms with Crippen LogP contribution in [0.2, 0.25) is 0 Å². The van der Waals surface area contributed by atoms with Crippen molar-refractivity contribution in [2.75, 3.05) is 6.61 Å². The van der Waals surface area contributed by atoms with Gasteiger partial charge >= 0.3 is 5.97 Å². The number of ether oxygens (including phenoxy) is 1. The van der Waals surface area contributed by atoms with Gasteiger partial charge in [-0.1, -0.05) is 17.7 Å². The van der Waals surface area contributed by atoms with E-state index in [0.29, 0.717) is 5.56 Å². The van der Waals surface area contributed by atoms with Crippen LogP contribution in [0.4, 0.5) is 0 Å². The minimum absolute atomic E-state index is 0.0443. The first kappa shape index (κ1) is 15.2. The topological polar surface area (TPSA) is 79.2 Å². The van der Waals surface area contributed by atoms with Crippen LogP contribution in [-0.4, -0.2) is 40.0 Å². The van der Waals surface area contributed by atoms with Crippen LogP contribution < -0.4 is 0 Å². The van der Waals surface area contributed by atoms with Crippen molar-refractivity contribution < 1.29 is 19.4 Å². The Balaban J connectivity index is 2.29. The summed E-state index contributed by atoms with van der Waals surface area (Å²) >= 11 is 0. The van der Waals surface area contributed by atoms with E-state index in [4.69, 9.17) is 4.74 Å². The summed E-state index contributed by atoms with van der Waals surface area (Å²) in [4.78, 5) is 24.1. The van der Waals surface area contributed by atoms with Crippen molar-refractivity contribution in [2.24, 2.45) is 5.10 Å². The van der Waals surface area contributed by atoms with Crippen LogP contribution in [-0.2, 0) is 9.53 Å². The average Bonchev–Trinajstić information content (AvgIpc) is 2.74. The van der Waals surface area contributed by atoms with Gasteiger partial charge in [0.2, 0.25) is 0 Å². The van der Waals surface area contributed by atoms with E-state index in [1.54, 1.807) is 25.1 Å². The fraction of sp³-hybridized carbons (Fsp3) is 0.400. The van der Waals surface area contributed by atoms with Crippen LogP contribution in [0.25, 0.3) is 0 Å². The molecule has 1 heterocycles. The summed E-state index contributed by atoms with van der Waals surface area (Å²) in [6, 6.07) is 6.97. The zero-order valence-electron chi connectivity index (χ0n) is 12.3. The highest BCUT2D eigenvalue weighted by Gasteiger charge is 2.43. The molecule has 21 heavy (non-hydrogen) atoms. The van der Waals surface area contributed by atoms with Crippen molar-refractivity contribution in [2.45, 2.75) is 32.9 Å². The van der Waals surface area contributed by atoms with Gasteiger partial charge in [-0.3, -0.25) is 4.79 Å². The molecule has 1 atom stereocenters. The molecule has 1 aromatic carbocycles. The second kappa shape index (κ2) is 5.65. The quantitative estimate of drug-likeness (QED) is 0.855. The monoisotopic (exact) mass is 290 g/mol. The minimum atomic E-state index is -1.54. The van der Waals surface area contributed by atoms with Gasteiger partial charge in [-0.25, -0.2) is 4.79 Å². The number of aryl methyl sites for hydroxylation is 1. The van der Waals surface area contributed by atoms with E-state index in [2.05, 4.69) is 5.10 Å². The number of nitrogens with zero attached hydrogens (tertiary/aromatic N) is 2. The SMILES string of the molecule is CCOC(=O)C1=NN(C(=O)c2cccc(C)c2)[C@](C)(O)C1. The van der Waals surface area contributed by atoms with Crippen molar-refractivity contribution in [1.29, 1.82) is 0 Å². The molecule has 6 heteroatoms. The van der Waals surface area contributed by atoms with E-state index in [-0.39, 0.29) is 18.7 Å². The van der Waals surface area contributed by atoms with Crippen molar-refractivity contribution >= 4 is 17.6 Å². The Morgan fingerprint density at radius 1 is 1.48 bits per heavy atom. The highest BCUT2D eigenvalue weighted by molar-refractivity contribution is 6.37. The molecule has 0 unspecified atom stereocenters. The number of benzene rings is 1. The number of hydrogen-bond donors (Lipinski definition) is 1. The largest absolute Gasteiger partial charge is 0.461 e. The Bertz CT molecular complexity index is 607. The lowest BCUT2D eigenvalue weighted by molar-refractivity contribution is -0.135. The van der Waals surface area contributed by atoms with Gasteiger partial charge in [0.25, 0.3) is 5.91 Å². The van der Waals surface area contributed by atoms with Gasteiger partial charge < -0.3 is 9.84 Å². The molecule has 0 spiro atoms. The third-order valence-electron chi connectivity index (χ3n) is 3.15. The maximum Gasteiger partial charge on any atom is 0.354 e. The Kier molecular flexibility index (Phi) is 4.09. The van der Waals surface area contributed by atoms with Gasteiger partial charge in [-0.2, -0.15) is 10.1 Å². The highest BCUT2D eigenvalue weighted by atomic mass is 16.5. The number of hydrazone groups is 1. The molecule has 112 valence electrons. The van der Waals surface area contributed by atoms with Crippen LogP contribution in [0.1, 0.15) is 36.2 Å². The van der Waals surface area contributed by atoms with Gasteiger partial charge in [0.15, 0.2) is 11.4 Å². The number of carbonyl (C=O) groups is 2. The van der Waals surface area contributed by atoms with Gasteiger partial charge in [0.05, 0.1) is 6.61 Å². The van der Waals surface area contributed by atoms with E-state index in [1.165, 1.54) is 6.92 Å². The van der Waals surface area contributed by atoms with Crippen LogP contribution in [0.3, 0.4) is 0 Å². The summed E-state index contributed by atoms with van der Waals surface area (Å²) in [5.41, 5.74) is -0.163. The van der Waals surface area contributed by atoms with Crippen molar-refractivity contribution in [3.05, 3.63) is 35.4 Å². The normalized spacial score (nSPS) is 21.1. The molecule has 0 bridgehead atoms. The fourth-order valence-corrected chi connectivity index (χ4v) is 2.15. The molecule has 1 aliphatic heterocycles. The van der Waals surface area contributed by atoms with Crippen molar-refractivity contribution in [3.8, 4) is 0 Å². The first-order valence-corrected chi connectivity index (χ1v) is 6.73. The zero-order valence-corrected chi connectivity index (χ0v) is 12.3. The zero-order chi connectivity index (χ0) is 15.6. The summed E-state index contributed by atoms with van der Waals surface area (Å²) in [5, 5.41) is 15.2. The number of rotatable bonds is 3.